The van der Waals surface area contributed by atoms with Crippen molar-refractivity contribution in [2.45, 2.75) is 38.3 Å². The third-order valence-corrected chi connectivity index (χ3v) is 4.56. The molecule has 2 N–H and O–H groups in total. The number of Topliss-reactive ketones (excluding diaryl/α,β-unsaturated/α-hetero) is 1. The predicted molar refractivity (Wildman–Crippen MR) is 86.1 cm³/mol. The van der Waals surface area contributed by atoms with E-state index in [0.717, 1.165) is 19.5 Å². The molecule has 2 bridgehead atoms. The molecule has 22 heavy (non-hydrogen) atoms. The maximum atomic E-state index is 12.3. The van der Waals surface area contributed by atoms with Crippen LogP contribution >= 0.6 is 0 Å². The van der Waals surface area contributed by atoms with Crippen molar-refractivity contribution in [1.82, 2.24) is 10.2 Å². The summed E-state index contributed by atoms with van der Waals surface area (Å²) in [5.74, 6) is -0.0846. The van der Waals surface area contributed by atoms with Gasteiger partial charge in [0, 0.05) is 30.7 Å². The lowest BCUT2D eigenvalue weighted by atomic mass is 10.1. The summed E-state index contributed by atoms with van der Waals surface area (Å²) in [5, 5.41) is 6.49. The van der Waals surface area contributed by atoms with E-state index in [1.165, 1.54) is 19.8 Å². The predicted octanol–water partition coefficient (Wildman–Crippen LogP) is 1.65. The van der Waals surface area contributed by atoms with Crippen molar-refractivity contribution < 1.29 is 9.59 Å². The third-order valence-electron chi connectivity index (χ3n) is 4.56. The van der Waals surface area contributed by atoms with E-state index in [-0.39, 0.29) is 11.7 Å². The zero-order valence-corrected chi connectivity index (χ0v) is 13.0. The number of likely N-dealkylation sites (tertiary alicyclic amines) is 1. The summed E-state index contributed by atoms with van der Waals surface area (Å²) in [4.78, 5) is 26.1. The van der Waals surface area contributed by atoms with E-state index in [1.54, 1.807) is 12.1 Å². The highest BCUT2D eigenvalue weighted by Gasteiger charge is 2.29. The normalized spacial score (nSPS) is 24.8. The fourth-order valence-electron chi connectivity index (χ4n) is 3.45. The molecule has 2 saturated heterocycles. The van der Waals surface area contributed by atoms with Crippen molar-refractivity contribution in [3.05, 3.63) is 29.8 Å². The van der Waals surface area contributed by atoms with Crippen molar-refractivity contribution in [2.75, 3.05) is 25.0 Å². The first-order chi connectivity index (χ1) is 10.6. The number of hydrogen-bond acceptors (Lipinski definition) is 4. The van der Waals surface area contributed by atoms with Crippen molar-refractivity contribution in [3.63, 3.8) is 0 Å². The van der Waals surface area contributed by atoms with Crippen LogP contribution in [0.25, 0.3) is 0 Å². The first-order valence-electron chi connectivity index (χ1n) is 8.00. The highest BCUT2D eigenvalue weighted by Crippen LogP contribution is 2.20. The van der Waals surface area contributed by atoms with Crippen LogP contribution in [0.4, 0.5) is 5.69 Å². The molecule has 0 spiro atoms. The number of rotatable bonds is 4. The summed E-state index contributed by atoms with van der Waals surface area (Å²) >= 11 is 0. The average Bonchev–Trinajstić information content (AvgIpc) is 2.82. The summed E-state index contributed by atoms with van der Waals surface area (Å²) in [6, 6.07) is 8.30. The second-order valence-electron chi connectivity index (χ2n) is 6.31. The standard InChI is InChI=1S/C17H23N3O2/c1-12(21)15-4-2-3-5-16(15)19-17(22)11-20-9-8-13-6-7-14(10-20)18-13/h2-5,13-14,18H,6-11H2,1H3,(H,19,22). The minimum Gasteiger partial charge on any atom is -0.324 e. The lowest BCUT2D eigenvalue weighted by molar-refractivity contribution is -0.117. The Labute approximate surface area is 131 Å². The number of nitrogens with zero attached hydrogens (tertiary/aromatic N) is 1. The van der Waals surface area contributed by atoms with Gasteiger partial charge in [0.2, 0.25) is 5.91 Å². The van der Waals surface area contributed by atoms with E-state index < -0.39 is 0 Å². The highest BCUT2D eigenvalue weighted by atomic mass is 16.2. The van der Waals surface area contributed by atoms with Gasteiger partial charge in [-0.15, -0.1) is 0 Å². The van der Waals surface area contributed by atoms with Crippen LogP contribution in [-0.2, 0) is 4.79 Å². The molecule has 2 heterocycles. The summed E-state index contributed by atoms with van der Waals surface area (Å²) in [6.07, 6.45) is 3.57. The van der Waals surface area contributed by atoms with Gasteiger partial charge in [0.1, 0.15) is 0 Å². The van der Waals surface area contributed by atoms with E-state index in [1.807, 2.05) is 12.1 Å². The van der Waals surface area contributed by atoms with Crippen molar-refractivity contribution >= 4 is 17.4 Å². The van der Waals surface area contributed by atoms with E-state index in [2.05, 4.69) is 15.5 Å². The van der Waals surface area contributed by atoms with Gasteiger partial charge in [-0.3, -0.25) is 14.5 Å². The van der Waals surface area contributed by atoms with Gasteiger partial charge in [-0.2, -0.15) is 0 Å². The van der Waals surface area contributed by atoms with E-state index in [4.69, 9.17) is 0 Å². The molecule has 5 nitrogen and oxygen atoms in total. The first kappa shape index (κ1) is 15.2. The molecule has 2 aliphatic rings. The molecule has 3 rings (SSSR count). The summed E-state index contributed by atoms with van der Waals surface area (Å²) in [7, 11) is 0. The van der Waals surface area contributed by atoms with Gasteiger partial charge in [0.05, 0.1) is 12.2 Å². The number of amides is 1. The van der Waals surface area contributed by atoms with Gasteiger partial charge >= 0.3 is 0 Å². The second kappa shape index (κ2) is 6.58. The Kier molecular flexibility index (Phi) is 4.55. The van der Waals surface area contributed by atoms with E-state index in [0.29, 0.717) is 29.9 Å². The Morgan fingerprint density at radius 3 is 2.82 bits per heavy atom. The largest absolute Gasteiger partial charge is 0.324 e. The van der Waals surface area contributed by atoms with Gasteiger partial charge in [0.25, 0.3) is 0 Å². The van der Waals surface area contributed by atoms with Crippen molar-refractivity contribution in [3.8, 4) is 0 Å². The van der Waals surface area contributed by atoms with Crippen molar-refractivity contribution in [2.24, 2.45) is 0 Å². The van der Waals surface area contributed by atoms with Gasteiger partial charge in [0.15, 0.2) is 5.78 Å². The number of carbonyl (C=O) groups excluding carboxylic acids is 2. The molecule has 0 saturated carbocycles. The Morgan fingerprint density at radius 1 is 1.23 bits per heavy atom. The molecule has 2 aliphatic heterocycles. The fourth-order valence-corrected chi connectivity index (χ4v) is 3.45. The zero-order valence-electron chi connectivity index (χ0n) is 13.0. The average molecular weight is 301 g/mol. The zero-order chi connectivity index (χ0) is 15.5. The number of fused-ring (bicyclic) bond motifs is 2. The number of benzene rings is 1. The first-order valence-corrected chi connectivity index (χ1v) is 8.00. The molecular weight excluding hydrogens is 278 g/mol. The molecule has 5 heteroatoms. The van der Waals surface area contributed by atoms with Gasteiger partial charge < -0.3 is 10.6 Å². The Balaban J connectivity index is 1.60. The molecule has 1 amide bonds. The van der Waals surface area contributed by atoms with Crippen LogP contribution < -0.4 is 10.6 Å². The van der Waals surface area contributed by atoms with Crippen LogP contribution in [-0.4, -0.2) is 48.3 Å². The maximum Gasteiger partial charge on any atom is 0.238 e. The van der Waals surface area contributed by atoms with Crippen LogP contribution in [0.2, 0.25) is 0 Å². The van der Waals surface area contributed by atoms with Gasteiger partial charge in [-0.25, -0.2) is 0 Å². The molecule has 0 aromatic heterocycles. The van der Waals surface area contributed by atoms with Crippen LogP contribution in [0.1, 0.15) is 36.5 Å². The van der Waals surface area contributed by atoms with Crippen LogP contribution in [0.3, 0.4) is 0 Å². The smallest absolute Gasteiger partial charge is 0.238 e. The van der Waals surface area contributed by atoms with E-state index >= 15 is 0 Å². The van der Waals surface area contributed by atoms with Gasteiger partial charge in [-0.05, 0) is 38.3 Å². The van der Waals surface area contributed by atoms with Crippen LogP contribution in [0.5, 0.6) is 0 Å². The Bertz CT molecular complexity index is 573. The number of nitrogens with one attached hydrogen (secondary N) is 2. The molecule has 0 aliphatic carbocycles. The number of para-hydroxylation sites is 1. The molecule has 118 valence electrons. The fraction of sp³-hybridized carbons (Fsp3) is 0.529. The molecular formula is C17H23N3O2. The molecule has 2 atom stereocenters. The summed E-state index contributed by atoms with van der Waals surface area (Å²) < 4.78 is 0. The molecule has 0 radical (unpaired) electrons. The highest BCUT2D eigenvalue weighted by molar-refractivity contribution is 6.04. The number of anilines is 1. The quantitative estimate of drug-likeness (QED) is 0.830. The number of carbonyl (C=O) groups is 2. The Morgan fingerprint density at radius 2 is 2.00 bits per heavy atom. The van der Waals surface area contributed by atoms with Crippen LogP contribution in [0, 0.1) is 0 Å². The maximum absolute atomic E-state index is 12.3. The van der Waals surface area contributed by atoms with E-state index in [9.17, 15) is 9.59 Å². The lowest BCUT2D eigenvalue weighted by Crippen LogP contribution is -2.39. The minimum absolute atomic E-state index is 0.0350. The molecule has 1 aromatic carbocycles. The third kappa shape index (κ3) is 3.54. The topological polar surface area (TPSA) is 61.4 Å². The Hall–Kier alpha value is -1.72. The van der Waals surface area contributed by atoms with Crippen molar-refractivity contribution in [1.29, 1.82) is 0 Å². The number of hydrogen-bond donors (Lipinski definition) is 2. The van der Waals surface area contributed by atoms with Gasteiger partial charge in [-0.1, -0.05) is 12.1 Å². The molecule has 2 unspecified atom stereocenters. The minimum atomic E-state index is -0.0496. The summed E-state index contributed by atoms with van der Waals surface area (Å²) in [6.45, 7) is 3.79. The van der Waals surface area contributed by atoms with Crippen LogP contribution in [0.15, 0.2) is 24.3 Å². The second-order valence-corrected chi connectivity index (χ2v) is 6.31. The summed E-state index contributed by atoms with van der Waals surface area (Å²) in [5.41, 5.74) is 1.17. The number of ketones is 1. The molecule has 2 fully saturated rings. The SMILES string of the molecule is CC(=O)c1ccccc1NC(=O)CN1CCC2CCC(C1)N2. The molecule has 1 aromatic rings. The monoisotopic (exact) mass is 301 g/mol. The lowest BCUT2D eigenvalue weighted by Gasteiger charge is -2.23.